The summed E-state index contributed by atoms with van der Waals surface area (Å²) in [7, 11) is 0. The van der Waals surface area contributed by atoms with Crippen molar-refractivity contribution in [1.82, 2.24) is 9.55 Å². The van der Waals surface area contributed by atoms with Crippen LogP contribution in [0.5, 0.6) is 0 Å². The van der Waals surface area contributed by atoms with Gasteiger partial charge in [0.15, 0.2) is 0 Å². The molecule has 1 heterocycles. The van der Waals surface area contributed by atoms with Crippen LogP contribution in [0.3, 0.4) is 0 Å². The molecule has 0 saturated carbocycles. The Morgan fingerprint density at radius 2 is 1.90 bits per heavy atom. The minimum atomic E-state index is -0.472. The number of hydrogen-bond acceptors (Lipinski definition) is 4. The quantitative estimate of drug-likeness (QED) is 0.775. The number of rotatable bonds is 3. The largest absolute Gasteiger partial charge is 0.383 e. The first-order valence-electron chi connectivity index (χ1n) is 7.06. The van der Waals surface area contributed by atoms with Gasteiger partial charge in [0.05, 0.1) is 0 Å². The molecule has 1 aliphatic rings. The number of benzene rings is 1. The highest BCUT2D eigenvalue weighted by Crippen LogP contribution is 2.24. The molecule has 0 unspecified atom stereocenters. The molecule has 6 heteroatoms. The highest BCUT2D eigenvalue weighted by atomic mass is 16.2. The van der Waals surface area contributed by atoms with Crippen LogP contribution >= 0.6 is 0 Å². The molecule has 4 N–H and O–H groups in total. The van der Waals surface area contributed by atoms with Crippen molar-refractivity contribution in [3.05, 3.63) is 56.2 Å². The van der Waals surface area contributed by atoms with Crippen LogP contribution in [0.1, 0.15) is 18.1 Å². The van der Waals surface area contributed by atoms with Crippen LogP contribution in [0.2, 0.25) is 0 Å². The summed E-state index contributed by atoms with van der Waals surface area (Å²) in [4.78, 5) is 25.9. The predicted molar refractivity (Wildman–Crippen MR) is 82.7 cm³/mol. The standard InChI is InChI=1S/C15H18N4O2/c1-2-19-13(16)12(14(20)18-15(19)21)17-11-7-9-5-3-4-6-10(9)8-11/h3-6,11,17H,2,7-8,16H2,1H3,(H,18,20,21). The Labute approximate surface area is 121 Å². The molecule has 0 spiro atoms. The monoisotopic (exact) mass is 286 g/mol. The van der Waals surface area contributed by atoms with E-state index in [1.807, 2.05) is 19.1 Å². The first kappa shape index (κ1) is 13.5. The molecule has 6 nitrogen and oxygen atoms in total. The van der Waals surface area contributed by atoms with Crippen molar-refractivity contribution < 1.29 is 0 Å². The van der Waals surface area contributed by atoms with Gasteiger partial charge in [-0.15, -0.1) is 0 Å². The fourth-order valence-corrected chi connectivity index (χ4v) is 2.91. The molecule has 0 atom stereocenters. The summed E-state index contributed by atoms with van der Waals surface area (Å²) < 4.78 is 1.35. The third kappa shape index (κ3) is 2.33. The molecule has 1 aromatic heterocycles. The molecule has 0 bridgehead atoms. The predicted octanol–water partition coefficient (Wildman–Crippen LogP) is 0.718. The van der Waals surface area contributed by atoms with Gasteiger partial charge < -0.3 is 11.1 Å². The summed E-state index contributed by atoms with van der Waals surface area (Å²) in [6.07, 6.45) is 1.70. The Hall–Kier alpha value is -2.50. The van der Waals surface area contributed by atoms with Gasteiger partial charge in [-0.1, -0.05) is 24.3 Å². The molecule has 0 radical (unpaired) electrons. The van der Waals surface area contributed by atoms with Crippen molar-refractivity contribution in [2.45, 2.75) is 32.4 Å². The van der Waals surface area contributed by atoms with Crippen LogP contribution in [-0.4, -0.2) is 15.6 Å². The number of anilines is 2. The maximum Gasteiger partial charge on any atom is 0.330 e. The summed E-state index contributed by atoms with van der Waals surface area (Å²) in [5, 5.41) is 3.20. The highest BCUT2D eigenvalue weighted by Gasteiger charge is 2.23. The van der Waals surface area contributed by atoms with Crippen molar-refractivity contribution in [3.8, 4) is 0 Å². The van der Waals surface area contributed by atoms with E-state index in [9.17, 15) is 9.59 Å². The molecule has 0 fully saturated rings. The summed E-state index contributed by atoms with van der Waals surface area (Å²) in [6, 6.07) is 8.34. The molecule has 110 valence electrons. The molecule has 2 aromatic rings. The molecule has 0 saturated heterocycles. The zero-order valence-electron chi connectivity index (χ0n) is 11.8. The fraction of sp³-hybridized carbons (Fsp3) is 0.333. The summed E-state index contributed by atoms with van der Waals surface area (Å²) in [6.45, 7) is 2.23. The lowest BCUT2D eigenvalue weighted by atomic mass is 10.1. The van der Waals surface area contributed by atoms with Crippen molar-refractivity contribution >= 4 is 11.5 Å². The van der Waals surface area contributed by atoms with Crippen LogP contribution < -0.4 is 22.3 Å². The highest BCUT2D eigenvalue weighted by molar-refractivity contribution is 5.61. The van der Waals surface area contributed by atoms with Gasteiger partial charge in [-0.25, -0.2) is 4.79 Å². The van der Waals surface area contributed by atoms with Crippen LogP contribution in [0.25, 0.3) is 0 Å². The van der Waals surface area contributed by atoms with Crippen molar-refractivity contribution in [3.63, 3.8) is 0 Å². The van der Waals surface area contributed by atoms with E-state index in [2.05, 4.69) is 22.4 Å². The van der Waals surface area contributed by atoms with E-state index in [0.29, 0.717) is 6.54 Å². The number of aromatic nitrogens is 2. The maximum absolute atomic E-state index is 12.0. The van der Waals surface area contributed by atoms with Crippen LogP contribution in [0.15, 0.2) is 33.9 Å². The van der Waals surface area contributed by atoms with E-state index in [0.717, 1.165) is 12.8 Å². The van der Waals surface area contributed by atoms with Crippen molar-refractivity contribution in [2.24, 2.45) is 0 Å². The first-order chi connectivity index (χ1) is 10.1. The number of nitrogens with one attached hydrogen (secondary N) is 2. The number of nitrogen functional groups attached to an aromatic ring is 1. The van der Waals surface area contributed by atoms with Gasteiger partial charge in [0, 0.05) is 12.6 Å². The van der Waals surface area contributed by atoms with E-state index >= 15 is 0 Å². The molecular formula is C15H18N4O2. The lowest BCUT2D eigenvalue weighted by Gasteiger charge is -2.16. The number of hydrogen-bond donors (Lipinski definition) is 3. The van der Waals surface area contributed by atoms with E-state index in [1.165, 1.54) is 15.7 Å². The average Bonchev–Trinajstić information content (AvgIpc) is 2.86. The second-order valence-electron chi connectivity index (χ2n) is 5.28. The molecule has 1 aliphatic carbocycles. The molecule has 3 rings (SSSR count). The van der Waals surface area contributed by atoms with Gasteiger partial charge in [0.2, 0.25) is 0 Å². The molecule has 1 aromatic carbocycles. The first-order valence-corrected chi connectivity index (χ1v) is 7.06. The summed E-state index contributed by atoms with van der Waals surface area (Å²) in [5.74, 6) is 0.196. The second-order valence-corrected chi connectivity index (χ2v) is 5.28. The van der Waals surface area contributed by atoms with Crippen LogP contribution in [0, 0.1) is 0 Å². The summed E-state index contributed by atoms with van der Waals surface area (Å²) in [5.41, 5.74) is 7.89. The van der Waals surface area contributed by atoms with E-state index < -0.39 is 11.2 Å². The number of fused-ring (bicyclic) bond motifs is 1. The second kappa shape index (κ2) is 5.12. The lowest BCUT2D eigenvalue weighted by Crippen LogP contribution is -2.35. The number of nitrogens with zero attached hydrogens (tertiary/aromatic N) is 1. The van der Waals surface area contributed by atoms with Crippen molar-refractivity contribution in [1.29, 1.82) is 0 Å². The van der Waals surface area contributed by atoms with Gasteiger partial charge >= 0.3 is 5.69 Å². The maximum atomic E-state index is 12.0. The SMILES string of the molecule is CCn1c(N)c(NC2Cc3ccccc3C2)c(=O)[nH]c1=O. The van der Waals surface area contributed by atoms with Gasteiger partial charge in [0.25, 0.3) is 5.56 Å². The smallest absolute Gasteiger partial charge is 0.330 e. The van der Waals surface area contributed by atoms with E-state index in [-0.39, 0.29) is 17.5 Å². The lowest BCUT2D eigenvalue weighted by molar-refractivity contribution is 0.699. The third-order valence-electron chi connectivity index (χ3n) is 3.96. The topological polar surface area (TPSA) is 92.9 Å². The fourth-order valence-electron chi connectivity index (χ4n) is 2.91. The molecule has 0 amide bonds. The normalized spacial score (nSPS) is 14.1. The Kier molecular flexibility index (Phi) is 3.29. The van der Waals surface area contributed by atoms with Gasteiger partial charge in [-0.3, -0.25) is 14.3 Å². The Morgan fingerprint density at radius 3 is 2.48 bits per heavy atom. The third-order valence-corrected chi connectivity index (χ3v) is 3.96. The zero-order valence-corrected chi connectivity index (χ0v) is 11.8. The Morgan fingerprint density at radius 1 is 1.29 bits per heavy atom. The van der Waals surface area contributed by atoms with Gasteiger partial charge in [-0.05, 0) is 30.9 Å². The number of H-pyrrole nitrogens is 1. The minimum absolute atomic E-state index is 0.119. The minimum Gasteiger partial charge on any atom is -0.383 e. The molecule has 21 heavy (non-hydrogen) atoms. The number of aromatic amines is 1. The van der Waals surface area contributed by atoms with Crippen LogP contribution in [-0.2, 0) is 19.4 Å². The van der Waals surface area contributed by atoms with Crippen molar-refractivity contribution in [2.75, 3.05) is 11.1 Å². The molecular weight excluding hydrogens is 268 g/mol. The van der Waals surface area contributed by atoms with E-state index in [1.54, 1.807) is 0 Å². The molecule has 0 aliphatic heterocycles. The van der Waals surface area contributed by atoms with Crippen LogP contribution in [0.4, 0.5) is 11.5 Å². The van der Waals surface area contributed by atoms with Gasteiger partial charge in [0.1, 0.15) is 11.5 Å². The van der Waals surface area contributed by atoms with E-state index in [4.69, 9.17) is 5.73 Å². The number of nitrogens with two attached hydrogens (primary N) is 1. The average molecular weight is 286 g/mol. The Balaban J connectivity index is 1.91. The Bertz CT molecular complexity index is 766. The zero-order chi connectivity index (χ0) is 15.0. The van der Waals surface area contributed by atoms with Gasteiger partial charge in [-0.2, -0.15) is 0 Å². The summed E-state index contributed by atoms with van der Waals surface area (Å²) >= 11 is 0.